The molecule has 5 rings (SSSR count). The van der Waals surface area contributed by atoms with Crippen LogP contribution in [0.5, 0.6) is 6.01 Å². The van der Waals surface area contributed by atoms with Crippen LogP contribution in [0, 0.1) is 23.2 Å². The van der Waals surface area contributed by atoms with Gasteiger partial charge >= 0.3 is 6.01 Å². The van der Waals surface area contributed by atoms with E-state index in [1.165, 1.54) is 6.33 Å². The Morgan fingerprint density at radius 2 is 2.14 bits per heavy atom. The Morgan fingerprint density at radius 3 is 2.84 bits per heavy atom. The number of anilines is 1. The highest BCUT2D eigenvalue weighted by Crippen LogP contribution is 2.38. The van der Waals surface area contributed by atoms with Gasteiger partial charge in [0.2, 0.25) is 11.8 Å². The summed E-state index contributed by atoms with van der Waals surface area (Å²) in [5.41, 5.74) is 0.552. The molecule has 0 unspecified atom stereocenters. The van der Waals surface area contributed by atoms with Crippen LogP contribution in [0.1, 0.15) is 62.3 Å². The zero-order valence-corrected chi connectivity index (χ0v) is 21.0. The molecule has 0 radical (unpaired) electrons. The normalized spacial score (nSPS) is 20.9. The third kappa shape index (κ3) is 5.43. The summed E-state index contributed by atoms with van der Waals surface area (Å²) in [5.74, 6) is 0.0955. The number of aromatic amines is 1. The van der Waals surface area contributed by atoms with Crippen LogP contribution in [0.3, 0.4) is 0 Å². The van der Waals surface area contributed by atoms with Crippen LogP contribution >= 0.6 is 0 Å². The molecule has 4 heterocycles. The van der Waals surface area contributed by atoms with Gasteiger partial charge in [0.25, 0.3) is 5.91 Å². The monoisotopic (exact) mass is 506 g/mol. The van der Waals surface area contributed by atoms with Crippen LogP contribution in [-0.2, 0) is 0 Å². The number of amides is 1. The summed E-state index contributed by atoms with van der Waals surface area (Å²) >= 11 is 0. The second-order valence-corrected chi connectivity index (χ2v) is 10.3. The molecule has 3 aromatic rings. The van der Waals surface area contributed by atoms with Crippen molar-refractivity contribution >= 4 is 22.9 Å². The van der Waals surface area contributed by atoms with E-state index in [4.69, 9.17) is 10.00 Å². The Morgan fingerprint density at radius 1 is 1.35 bits per heavy atom. The van der Waals surface area contributed by atoms with Gasteiger partial charge in [0.05, 0.1) is 41.3 Å². The molecule has 194 valence electrons. The first-order valence-electron chi connectivity index (χ1n) is 12.4. The fraction of sp³-hybridized carbons (Fsp3) is 0.583. The van der Waals surface area contributed by atoms with E-state index in [1.54, 1.807) is 27.0 Å². The van der Waals surface area contributed by atoms with Crippen molar-refractivity contribution < 1.29 is 14.6 Å². The molecule has 3 atom stereocenters. The smallest absolute Gasteiger partial charge is 0.321 e. The quantitative estimate of drug-likeness (QED) is 0.401. The number of nitriles is 1. The van der Waals surface area contributed by atoms with Gasteiger partial charge < -0.3 is 20.1 Å². The molecular formula is C24H30N10O3. The Labute approximate surface area is 213 Å². The second-order valence-electron chi connectivity index (χ2n) is 10.3. The first-order valence-corrected chi connectivity index (χ1v) is 12.4. The van der Waals surface area contributed by atoms with Crippen molar-refractivity contribution in [3.8, 4) is 12.1 Å². The zero-order chi connectivity index (χ0) is 26.2. The van der Waals surface area contributed by atoms with E-state index < -0.39 is 17.6 Å². The Kier molecular flexibility index (Phi) is 6.59. The topological polar surface area (TPSA) is 179 Å². The standard InChI is InChI=1S/C24H30N10O3/c1-13(24(2,3)36)28-21(35)20-29-22(31-23(30-20)37-11-16-8-15(16)9-25)34-6-4-14(5-7-34)18-17-10-26-12-27-19(17)33-32-18/h10,12-16,36H,4-8,11H2,1-3H3,(H,28,35)(H,26,27,32,33)/t13-,15+,16-/m1/s1. The van der Waals surface area contributed by atoms with E-state index in [2.05, 4.69) is 46.5 Å². The maximum absolute atomic E-state index is 13.0. The number of H-pyrrole nitrogens is 1. The molecule has 0 spiro atoms. The first-order chi connectivity index (χ1) is 17.7. The molecule has 37 heavy (non-hydrogen) atoms. The number of hydrogen-bond donors (Lipinski definition) is 3. The lowest BCUT2D eigenvalue weighted by atomic mass is 9.92. The summed E-state index contributed by atoms with van der Waals surface area (Å²) < 4.78 is 5.79. The highest BCUT2D eigenvalue weighted by atomic mass is 16.5. The lowest BCUT2D eigenvalue weighted by Crippen LogP contribution is -2.47. The molecule has 2 aliphatic rings. The van der Waals surface area contributed by atoms with Gasteiger partial charge in [0.15, 0.2) is 5.65 Å². The molecule has 1 aliphatic carbocycles. The molecule has 13 heteroatoms. The number of nitrogens with one attached hydrogen (secondary N) is 2. The minimum absolute atomic E-state index is 0.0146. The van der Waals surface area contributed by atoms with E-state index >= 15 is 0 Å². The average molecular weight is 507 g/mol. The van der Waals surface area contributed by atoms with Gasteiger partial charge in [0.1, 0.15) is 6.33 Å². The number of rotatable bonds is 8. The molecule has 13 nitrogen and oxygen atoms in total. The van der Waals surface area contributed by atoms with Gasteiger partial charge in [-0.25, -0.2) is 9.97 Å². The summed E-state index contributed by atoms with van der Waals surface area (Å²) in [4.78, 5) is 36.5. The van der Waals surface area contributed by atoms with Gasteiger partial charge in [-0.15, -0.1) is 0 Å². The van der Waals surface area contributed by atoms with Crippen LogP contribution in [0.4, 0.5) is 5.95 Å². The summed E-state index contributed by atoms with van der Waals surface area (Å²) in [6.07, 6.45) is 5.66. The number of ether oxygens (including phenoxy) is 1. The van der Waals surface area contributed by atoms with Crippen molar-refractivity contribution in [2.75, 3.05) is 24.6 Å². The molecule has 1 amide bonds. The van der Waals surface area contributed by atoms with Crippen molar-refractivity contribution in [1.82, 2.24) is 40.4 Å². The number of carbonyl (C=O) groups is 1. The SMILES string of the molecule is C[C@@H](NC(=O)c1nc(OC[C@H]2C[C@H]2C#N)nc(N2CCC(c3n[nH]c4ncncc34)CC2)n1)C(C)(C)O. The number of piperidine rings is 1. The predicted octanol–water partition coefficient (Wildman–Crippen LogP) is 1.35. The maximum Gasteiger partial charge on any atom is 0.321 e. The van der Waals surface area contributed by atoms with E-state index in [0.717, 1.165) is 36.0 Å². The van der Waals surface area contributed by atoms with E-state index in [1.807, 2.05) is 4.90 Å². The molecule has 3 N–H and O–H groups in total. The number of carbonyl (C=O) groups excluding carboxylic acids is 1. The molecule has 2 fully saturated rings. The van der Waals surface area contributed by atoms with Gasteiger partial charge in [-0.1, -0.05) is 0 Å². The van der Waals surface area contributed by atoms with Crippen molar-refractivity contribution in [1.29, 1.82) is 5.26 Å². The number of aliphatic hydroxyl groups is 1. The lowest BCUT2D eigenvalue weighted by molar-refractivity contribution is 0.0405. The minimum Gasteiger partial charge on any atom is -0.463 e. The molecule has 1 aliphatic heterocycles. The fourth-order valence-corrected chi connectivity index (χ4v) is 4.31. The largest absolute Gasteiger partial charge is 0.463 e. The van der Waals surface area contributed by atoms with Crippen LogP contribution in [0.25, 0.3) is 11.0 Å². The van der Waals surface area contributed by atoms with E-state index in [0.29, 0.717) is 25.6 Å². The minimum atomic E-state index is -1.12. The Hall–Kier alpha value is -3.92. The molecular weight excluding hydrogens is 476 g/mol. The van der Waals surface area contributed by atoms with Crippen LogP contribution in [0.15, 0.2) is 12.5 Å². The average Bonchev–Trinajstić information content (AvgIpc) is 3.53. The zero-order valence-electron chi connectivity index (χ0n) is 21.0. The van der Waals surface area contributed by atoms with E-state index in [-0.39, 0.29) is 29.6 Å². The highest BCUT2D eigenvalue weighted by molar-refractivity contribution is 5.91. The Bertz CT molecular complexity index is 1320. The number of aromatic nitrogens is 7. The van der Waals surface area contributed by atoms with Gasteiger partial charge in [-0.05, 0) is 40.0 Å². The molecule has 3 aromatic heterocycles. The van der Waals surface area contributed by atoms with Crippen LogP contribution < -0.4 is 15.0 Å². The van der Waals surface area contributed by atoms with E-state index in [9.17, 15) is 9.90 Å². The molecule has 1 saturated carbocycles. The predicted molar refractivity (Wildman–Crippen MR) is 132 cm³/mol. The summed E-state index contributed by atoms with van der Waals surface area (Å²) in [6, 6.07) is 1.75. The third-order valence-electron chi connectivity index (χ3n) is 7.16. The van der Waals surface area contributed by atoms with Crippen molar-refractivity contribution in [3.63, 3.8) is 0 Å². The Balaban J connectivity index is 1.33. The first kappa shape index (κ1) is 24.8. The van der Waals surface area contributed by atoms with Crippen molar-refractivity contribution in [3.05, 3.63) is 24.0 Å². The summed E-state index contributed by atoms with van der Waals surface area (Å²) in [6.45, 7) is 6.55. The molecule has 0 aromatic carbocycles. The van der Waals surface area contributed by atoms with Crippen molar-refractivity contribution in [2.45, 2.75) is 57.6 Å². The van der Waals surface area contributed by atoms with Crippen LogP contribution in [-0.4, -0.2) is 77.5 Å². The number of fused-ring (bicyclic) bond motifs is 1. The molecule has 0 bridgehead atoms. The summed E-state index contributed by atoms with van der Waals surface area (Å²) in [5, 5.41) is 30.4. The third-order valence-corrected chi connectivity index (χ3v) is 7.16. The molecule has 1 saturated heterocycles. The number of nitrogens with zero attached hydrogens (tertiary/aromatic N) is 8. The summed E-state index contributed by atoms with van der Waals surface area (Å²) in [7, 11) is 0. The second kappa shape index (κ2) is 9.85. The van der Waals surface area contributed by atoms with Gasteiger partial charge in [-0.3, -0.25) is 9.89 Å². The fourth-order valence-electron chi connectivity index (χ4n) is 4.31. The highest BCUT2D eigenvalue weighted by Gasteiger charge is 2.38. The maximum atomic E-state index is 13.0. The lowest BCUT2D eigenvalue weighted by Gasteiger charge is -2.31. The number of hydrogen-bond acceptors (Lipinski definition) is 11. The van der Waals surface area contributed by atoms with Crippen LogP contribution in [0.2, 0.25) is 0 Å². The van der Waals surface area contributed by atoms with Crippen molar-refractivity contribution in [2.24, 2.45) is 11.8 Å². The van der Waals surface area contributed by atoms with Gasteiger partial charge in [-0.2, -0.15) is 25.3 Å². The van der Waals surface area contributed by atoms with Gasteiger partial charge in [0, 0.05) is 31.1 Å².